The van der Waals surface area contributed by atoms with Crippen molar-refractivity contribution in [2.45, 2.75) is 51.6 Å². The molecule has 1 aromatic heterocycles. The van der Waals surface area contributed by atoms with Gasteiger partial charge in [-0.25, -0.2) is 4.98 Å². The number of nitrogens with zero attached hydrogens (tertiary/aromatic N) is 2. The lowest BCUT2D eigenvalue weighted by molar-refractivity contribution is 0.187. The van der Waals surface area contributed by atoms with E-state index in [1.165, 1.54) is 30.1 Å². The summed E-state index contributed by atoms with van der Waals surface area (Å²) in [6.45, 7) is 10.1. The summed E-state index contributed by atoms with van der Waals surface area (Å²) in [6, 6.07) is 0.654. The third kappa shape index (κ3) is 3.53. The SMILES string of the molecule is CNC1CCCN(Cc2nc(C(C)(C)C)cs2)C1. The van der Waals surface area contributed by atoms with E-state index in [1.807, 2.05) is 0 Å². The molecule has 1 fully saturated rings. The highest BCUT2D eigenvalue weighted by molar-refractivity contribution is 7.09. The predicted octanol–water partition coefficient (Wildman–Crippen LogP) is 2.62. The smallest absolute Gasteiger partial charge is 0.107 e. The van der Waals surface area contributed by atoms with Gasteiger partial charge in [0.05, 0.1) is 12.2 Å². The van der Waals surface area contributed by atoms with E-state index in [0.29, 0.717) is 6.04 Å². The molecule has 1 aromatic rings. The van der Waals surface area contributed by atoms with Crippen LogP contribution in [0.3, 0.4) is 0 Å². The zero-order valence-corrected chi connectivity index (χ0v) is 12.8. The lowest BCUT2D eigenvalue weighted by atomic mass is 9.93. The second-order valence-electron chi connectivity index (χ2n) is 6.24. The molecule has 1 atom stereocenters. The summed E-state index contributed by atoms with van der Waals surface area (Å²) in [5, 5.41) is 6.87. The second-order valence-corrected chi connectivity index (χ2v) is 7.18. The Bertz CT molecular complexity index is 381. The quantitative estimate of drug-likeness (QED) is 0.912. The molecule has 0 saturated carbocycles. The second kappa shape index (κ2) is 5.68. The molecular formula is C14H25N3S. The highest BCUT2D eigenvalue weighted by Crippen LogP contribution is 2.25. The molecule has 102 valence electrons. The zero-order valence-electron chi connectivity index (χ0n) is 12.0. The van der Waals surface area contributed by atoms with E-state index in [1.54, 1.807) is 11.3 Å². The van der Waals surface area contributed by atoms with Crippen LogP contribution in [-0.4, -0.2) is 36.1 Å². The summed E-state index contributed by atoms with van der Waals surface area (Å²) >= 11 is 1.81. The summed E-state index contributed by atoms with van der Waals surface area (Å²) in [5.74, 6) is 0. The van der Waals surface area contributed by atoms with Crippen LogP contribution in [-0.2, 0) is 12.0 Å². The molecule has 0 bridgehead atoms. The van der Waals surface area contributed by atoms with Gasteiger partial charge in [0.2, 0.25) is 0 Å². The fraction of sp³-hybridized carbons (Fsp3) is 0.786. The Kier molecular flexibility index (Phi) is 4.41. The fourth-order valence-corrected chi connectivity index (χ4v) is 3.42. The van der Waals surface area contributed by atoms with Crippen molar-refractivity contribution in [1.82, 2.24) is 15.2 Å². The van der Waals surface area contributed by atoms with E-state index >= 15 is 0 Å². The average molecular weight is 267 g/mol. The van der Waals surface area contributed by atoms with Gasteiger partial charge in [0.1, 0.15) is 5.01 Å². The van der Waals surface area contributed by atoms with Crippen molar-refractivity contribution in [2.75, 3.05) is 20.1 Å². The molecule has 0 aliphatic carbocycles. The molecule has 1 aliphatic heterocycles. The summed E-state index contributed by atoms with van der Waals surface area (Å²) in [5.41, 5.74) is 1.40. The first-order valence-electron chi connectivity index (χ1n) is 6.83. The topological polar surface area (TPSA) is 28.2 Å². The van der Waals surface area contributed by atoms with Crippen LogP contribution in [0.4, 0.5) is 0 Å². The summed E-state index contributed by atoms with van der Waals surface area (Å²) in [6.07, 6.45) is 2.60. The van der Waals surface area contributed by atoms with E-state index in [-0.39, 0.29) is 5.41 Å². The Hall–Kier alpha value is -0.450. The highest BCUT2D eigenvalue weighted by atomic mass is 32.1. The fourth-order valence-electron chi connectivity index (χ4n) is 2.35. The third-order valence-electron chi connectivity index (χ3n) is 3.59. The molecule has 3 nitrogen and oxygen atoms in total. The van der Waals surface area contributed by atoms with Gasteiger partial charge >= 0.3 is 0 Å². The monoisotopic (exact) mass is 267 g/mol. The Morgan fingerprint density at radius 2 is 2.28 bits per heavy atom. The molecular weight excluding hydrogens is 242 g/mol. The Balaban J connectivity index is 1.95. The molecule has 2 rings (SSSR count). The zero-order chi connectivity index (χ0) is 13.2. The number of rotatable bonds is 3. The maximum absolute atomic E-state index is 4.78. The van der Waals surface area contributed by atoms with Gasteiger partial charge in [0.15, 0.2) is 0 Å². The number of hydrogen-bond acceptors (Lipinski definition) is 4. The lowest BCUT2D eigenvalue weighted by Gasteiger charge is -2.31. The van der Waals surface area contributed by atoms with E-state index in [4.69, 9.17) is 4.98 Å². The largest absolute Gasteiger partial charge is 0.316 e. The van der Waals surface area contributed by atoms with Crippen molar-refractivity contribution >= 4 is 11.3 Å². The highest BCUT2D eigenvalue weighted by Gasteiger charge is 2.21. The van der Waals surface area contributed by atoms with Crippen LogP contribution >= 0.6 is 11.3 Å². The normalized spacial score (nSPS) is 22.3. The van der Waals surface area contributed by atoms with Crippen LogP contribution in [0.15, 0.2) is 5.38 Å². The Morgan fingerprint density at radius 1 is 1.50 bits per heavy atom. The van der Waals surface area contributed by atoms with Crippen molar-refractivity contribution in [3.8, 4) is 0 Å². The third-order valence-corrected chi connectivity index (χ3v) is 4.43. The molecule has 2 heterocycles. The maximum atomic E-state index is 4.78. The van der Waals surface area contributed by atoms with Gasteiger partial charge in [0, 0.05) is 23.4 Å². The summed E-state index contributed by atoms with van der Waals surface area (Å²) in [7, 11) is 2.06. The minimum atomic E-state index is 0.171. The number of hydrogen-bond donors (Lipinski definition) is 1. The van der Waals surface area contributed by atoms with Crippen molar-refractivity contribution in [1.29, 1.82) is 0 Å². The van der Waals surface area contributed by atoms with Gasteiger partial charge in [-0.2, -0.15) is 0 Å². The van der Waals surface area contributed by atoms with Crippen LogP contribution in [0.5, 0.6) is 0 Å². The van der Waals surface area contributed by atoms with Crippen LogP contribution in [0.2, 0.25) is 0 Å². The molecule has 1 aliphatic rings. The minimum absolute atomic E-state index is 0.171. The van der Waals surface area contributed by atoms with Gasteiger partial charge in [-0.05, 0) is 26.4 Å². The van der Waals surface area contributed by atoms with Crippen LogP contribution in [0, 0.1) is 0 Å². The van der Waals surface area contributed by atoms with Gasteiger partial charge in [-0.3, -0.25) is 4.90 Å². The van der Waals surface area contributed by atoms with Crippen molar-refractivity contribution in [2.24, 2.45) is 0 Å². The van der Waals surface area contributed by atoms with E-state index in [9.17, 15) is 0 Å². The lowest BCUT2D eigenvalue weighted by Crippen LogP contribution is -2.43. The maximum Gasteiger partial charge on any atom is 0.107 e. The van der Waals surface area contributed by atoms with Crippen molar-refractivity contribution in [3.05, 3.63) is 16.1 Å². The molecule has 1 saturated heterocycles. The molecule has 0 aromatic carbocycles. The first-order valence-corrected chi connectivity index (χ1v) is 7.71. The molecule has 0 radical (unpaired) electrons. The number of thiazole rings is 1. The molecule has 18 heavy (non-hydrogen) atoms. The molecule has 1 N–H and O–H groups in total. The summed E-state index contributed by atoms with van der Waals surface area (Å²) in [4.78, 5) is 7.31. The molecule has 1 unspecified atom stereocenters. The van der Waals surface area contributed by atoms with E-state index < -0.39 is 0 Å². The standard InChI is InChI=1S/C14H25N3S/c1-14(2,3)12-10-18-13(16-12)9-17-7-5-6-11(8-17)15-4/h10-11,15H,5-9H2,1-4H3. The predicted molar refractivity (Wildman–Crippen MR) is 78.2 cm³/mol. The van der Waals surface area contributed by atoms with Gasteiger partial charge in [0.25, 0.3) is 0 Å². The summed E-state index contributed by atoms with van der Waals surface area (Å²) < 4.78 is 0. The number of nitrogens with one attached hydrogen (secondary N) is 1. The van der Waals surface area contributed by atoms with E-state index in [2.05, 4.69) is 43.4 Å². The van der Waals surface area contributed by atoms with Gasteiger partial charge in [-0.15, -0.1) is 11.3 Å². The van der Waals surface area contributed by atoms with Gasteiger partial charge < -0.3 is 5.32 Å². The van der Waals surface area contributed by atoms with Crippen molar-refractivity contribution in [3.63, 3.8) is 0 Å². The number of aromatic nitrogens is 1. The van der Waals surface area contributed by atoms with Crippen molar-refractivity contribution < 1.29 is 0 Å². The Morgan fingerprint density at radius 3 is 2.89 bits per heavy atom. The molecule has 0 spiro atoms. The Labute approximate surface area is 115 Å². The number of piperidine rings is 1. The van der Waals surface area contributed by atoms with E-state index in [0.717, 1.165) is 13.1 Å². The first kappa shape index (κ1) is 14.0. The number of likely N-dealkylation sites (N-methyl/N-ethyl adjacent to an activating group) is 1. The number of likely N-dealkylation sites (tertiary alicyclic amines) is 1. The minimum Gasteiger partial charge on any atom is -0.316 e. The average Bonchev–Trinajstić information content (AvgIpc) is 2.77. The van der Waals surface area contributed by atoms with Crippen LogP contribution in [0.1, 0.15) is 44.3 Å². The van der Waals surface area contributed by atoms with Crippen LogP contribution < -0.4 is 5.32 Å². The van der Waals surface area contributed by atoms with Gasteiger partial charge in [-0.1, -0.05) is 20.8 Å². The first-order chi connectivity index (χ1) is 8.49. The molecule has 4 heteroatoms. The van der Waals surface area contributed by atoms with Crippen LogP contribution in [0.25, 0.3) is 0 Å². The molecule has 0 amide bonds.